The van der Waals surface area contributed by atoms with Crippen molar-refractivity contribution in [2.45, 2.75) is 42.5 Å². The van der Waals surface area contributed by atoms with Gasteiger partial charge < -0.3 is 5.32 Å². The molecule has 6 nitrogen and oxygen atoms in total. The van der Waals surface area contributed by atoms with Gasteiger partial charge in [0.05, 0.1) is 12.0 Å². The van der Waals surface area contributed by atoms with E-state index in [4.69, 9.17) is 4.84 Å². The predicted octanol–water partition coefficient (Wildman–Crippen LogP) is 3.32. The summed E-state index contributed by atoms with van der Waals surface area (Å²) < 4.78 is 25.5. The highest BCUT2D eigenvalue weighted by Gasteiger charge is 2.25. The highest BCUT2D eigenvalue weighted by atomic mass is 32.2. The summed E-state index contributed by atoms with van der Waals surface area (Å²) >= 11 is 0. The third-order valence-corrected chi connectivity index (χ3v) is 7.00. The number of amides is 1. The average Bonchev–Trinajstić information content (AvgIpc) is 2.74. The molecule has 0 heterocycles. The molecule has 0 spiro atoms. The predicted molar refractivity (Wildman–Crippen MR) is 107 cm³/mol. The van der Waals surface area contributed by atoms with Crippen molar-refractivity contribution >= 4 is 15.9 Å². The summed E-state index contributed by atoms with van der Waals surface area (Å²) in [6, 6.07) is 16.6. The van der Waals surface area contributed by atoms with Crippen molar-refractivity contribution in [3.63, 3.8) is 0 Å². The van der Waals surface area contributed by atoms with Crippen molar-refractivity contribution in [2.24, 2.45) is 0 Å². The van der Waals surface area contributed by atoms with Crippen LogP contribution in [0.2, 0.25) is 0 Å². The highest BCUT2D eigenvalue weighted by molar-refractivity contribution is 7.89. The molecule has 1 aliphatic rings. The van der Waals surface area contributed by atoms with E-state index in [0.717, 1.165) is 30.2 Å². The normalized spacial score (nSPS) is 20.1. The van der Waals surface area contributed by atoms with Gasteiger partial charge in [-0.25, -0.2) is 8.42 Å². The van der Waals surface area contributed by atoms with E-state index in [0.29, 0.717) is 11.5 Å². The van der Waals surface area contributed by atoms with Crippen LogP contribution in [0.15, 0.2) is 59.5 Å². The zero-order valence-electron chi connectivity index (χ0n) is 16.2. The quantitative estimate of drug-likeness (QED) is 0.752. The van der Waals surface area contributed by atoms with Crippen LogP contribution >= 0.6 is 0 Å². The van der Waals surface area contributed by atoms with Crippen LogP contribution in [-0.4, -0.2) is 39.0 Å². The Morgan fingerprint density at radius 1 is 1.04 bits per heavy atom. The van der Waals surface area contributed by atoms with E-state index in [9.17, 15) is 13.2 Å². The van der Waals surface area contributed by atoms with E-state index in [1.165, 1.54) is 31.9 Å². The third-order valence-electron chi connectivity index (χ3n) is 5.32. The fourth-order valence-electron chi connectivity index (χ4n) is 3.61. The van der Waals surface area contributed by atoms with Crippen molar-refractivity contribution in [3.8, 4) is 0 Å². The number of hydrogen-bond acceptors (Lipinski definition) is 4. The second-order valence-corrected chi connectivity index (χ2v) is 8.99. The van der Waals surface area contributed by atoms with Crippen molar-refractivity contribution in [3.05, 3.63) is 65.7 Å². The maximum atomic E-state index is 12.6. The first-order chi connectivity index (χ1) is 13.4. The van der Waals surface area contributed by atoms with E-state index in [2.05, 4.69) is 29.6 Å². The SMILES string of the molecule is CON(C)S(=O)(=O)c1cccc(C(=O)NC2CCC(c3ccccc3)CC2)c1. The van der Waals surface area contributed by atoms with Crippen molar-refractivity contribution in [1.82, 2.24) is 9.79 Å². The summed E-state index contributed by atoms with van der Waals surface area (Å²) in [5.41, 5.74) is 1.68. The maximum absolute atomic E-state index is 12.6. The molecule has 0 aromatic heterocycles. The number of benzene rings is 2. The number of carbonyl (C=O) groups is 1. The molecule has 0 radical (unpaired) electrons. The minimum Gasteiger partial charge on any atom is -0.349 e. The molecule has 1 N–H and O–H groups in total. The van der Waals surface area contributed by atoms with Crippen LogP contribution in [0.25, 0.3) is 0 Å². The first kappa shape index (κ1) is 20.5. The molecule has 0 atom stereocenters. The van der Waals surface area contributed by atoms with Crippen molar-refractivity contribution in [2.75, 3.05) is 14.2 Å². The van der Waals surface area contributed by atoms with Crippen LogP contribution in [0, 0.1) is 0 Å². The zero-order chi connectivity index (χ0) is 20.1. The van der Waals surface area contributed by atoms with Gasteiger partial charge in [-0.05, 0) is 55.4 Å². The molecule has 0 aliphatic heterocycles. The molecule has 2 aromatic rings. The smallest absolute Gasteiger partial charge is 0.264 e. The molecule has 7 heteroatoms. The van der Waals surface area contributed by atoms with Gasteiger partial charge in [-0.15, -0.1) is 0 Å². The first-order valence-electron chi connectivity index (χ1n) is 9.40. The Kier molecular flexibility index (Phi) is 6.49. The molecule has 1 aliphatic carbocycles. The highest BCUT2D eigenvalue weighted by Crippen LogP contribution is 2.32. The lowest BCUT2D eigenvalue weighted by Gasteiger charge is -2.29. The number of rotatable bonds is 6. The summed E-state index contributed by atoms with van der Waals surface area (Å²) in [6.07, 6.45) is 3.88. The van der Waals surface area contributed by atoms with Crippen LogP contribution in [0.5, 0.6) is 0 Å². The van der Waals surface area contributed by atoms with Gasteiger partial charge in [0.1, 0.15) is 0 Å². The zero-order valence-corrected chi connectivity index (χ0v) is 17.0. The Morgan fingerprint density at radius 3 is 2.36 bits per heavy atom. The summed E-state index contributed by atoms with van der Waals surface area (Å²) in [7, 11) is -1.19. The van der Waals surface area contributed by atoms with Gasteiger partial charge >= 0.3 is 0 Å². The molecule has 0 bridgehead atoms. The first-order valence-corrected chi connectivity index (χ1v) is 10.8. The topological polar surface area (TPSA) is 75.7 Å². The Hall–Kier alpha value is -2.22. The van der Waals surface area contributed by atoms with Crippen LogP contribution in [0.4, 0.5) is 0 Å². The summed E-state index contributed by atoms with van der Waals surface area (Å²) in [4.78, 5) is 17.4. The number of hydroxylamine groups is 1. The third kappa shape index (κ3) is 4.60. The van der Waals surface area contributed by atoms with Gasteiger partial charge in [-0.1, -0.05) is 40.9 Å². The van der Waals surface area contributed by atoms with Crippen LogP contribution < -0.4 is 5.32 Å². The summed E-state index contributed by atoms with van der Waals surface area (Å²) in [6.45, 7) is 0. The molecule has 1 amide bonds. The number of sulfonamides is 1. The van der Waals surface area contributed by atoms with Crippen LogP contribution in [-0.2, 0) is 14.9 Å². The number of carbonyl (C=O) groups excluding carboxylic acids is 1. The monoisotopic (exact) mass is 402 g/mol. The van der Waals surface area contributed by atoms with Gasteiger partial charge in [0, 0.05) is 18.7 Å². The molecular weight excluding hydrogens is 376 g/mol. The van der Waals surface area contributed by atoms with Crippen LogP contribution in [0.3, 0.4) is 0 Å². The fraction of sp³-hybridized carbons (Fsp3) is 0.381. The molecular formula is C21H26N2O4S. The Morgan fingerprint density at radius 2 is 1.71 bits per heavy atom. The lowest BCUT2D eigenvalue weighted by molar-refractivity contribution is -0.0258. The van der Waals surface area contributed by atoms with E-state index in [-0.39, 0.29) is 16.8 Å². The summed E-state index contributed by atoms with van der Waals surface area (Å²) in [5, 5.41) is 3.05. The summed E-state index contributed by atoms with van der Waals surface area (Å²) in [5.74, 6) is 0.285. The second-order valence-electron chi connectivity index (χ2n) is 7.06. The van der Waals surface area contributed by atoms with Crippen molar-refractivity contribution < 1.29 is 18.0 Å². The number of nitrogens with one attached hydrogen (secondary N) is 1. The van der Waals surface area contributed by atoms with Gasteiger partial charge in [-0.3, -0.25) is 9.63 Å². The van der Waals surface area contributed by atoms with Gasteiger partial charge in [0.15, 0.2) is 0 Å². The van der Waals surface area contributed by atoms with E-state index >= 15 is 0 Å². The minimum atomic E-state index is -3.78. The van der Waals surface area contributed by atoms with E-state index < -0.39 is 10.0 Å². The Labute approximate surface area is 166 Å². The molecule has 0 saturated heterocycles. The van der Waals surface area contributed by atoms with Gasteiger partial charge in [0.25, 0.3) is 15.9 Å². The Balaban J connectivity index is 1.62. The van der Waals surface area contributed by atoms with E-state index in [1.807, 2.05) is 6.07 Å². The number of nitrogens with zero attached hydrogens (tertiary/aromatic N) is 1. The molecule has 1 fully saturated rings. The molecule has 0 unspecified atom stereocenters. The van der Waals surface area contributed by atoms with Crippen molar-refractivity contribution in [1.29, 1.82) is 0 Å². The molecule has 3 rings (SSSR count). The average molecular weight is 403 g/mol. The molecule has 150 valence electrons. The molecule has 28 heavy (non-hydrogen) atoms. The van der Waals surface area contributed by atoms with Crippen LogP contribution in [0.1, 0.15) is 47.5 Å². The van der Waals surface area contributed by atoms with Gasteiger partial charge in [-0.2, -0.15) is 0 Å². The largest absolute Gasteiger partial charge is 0.349 e. The molecule has 2 aromatic carbocycles. The maximum Gasteiger partial charge on any atom is 0.264 e. The standard InChI is InChI=1S/C21H26N2O4S/c1-23(27-2)28(25,26)20-10-6-9-18(15-20)21(24)22-19-13-11-17(12-14-19)16-7-4-3-5-8-16/h3-10,15,17,19H,11-14H2,1-2H3,(H,22,24). The number of hydrogen-bond donors (Lipinski definition) is 1. The van der Waals surface area contributed by atoms with Gasteiger partial charge in [0.2, 0.25) is 0 Å². The van der Waals surface area contributed by atoms with E-state index in [1.54, 1.807) is 12.1 Å². The Bertz CT molecular complexity index is 907. The second kappa shape index (κ2) is 8.86. The molecule has 1 saturated carbocycles. The lowest BCUT2D eigenvalue weighted by atomic mass is 9.82. The minimum absolute atomic E-state index is 0.0253. The lowest BCUT2D eigenvalue weighted by Crippen LogP contribution is -2.37. The fourth-order valence-corrected chi connectivity index (χ4v) is 4.63.